The Labute approximate surface area is 111 Å². The Morgan fingerprint density at radius 1 is 1.12 bits per heavy atom. The zero-order chi connectivity index (χ0) is 12.5. The van der Waals surface area contributed by atoms with Gasteiger partial charge in [-0.25, -0.2) is 0 Å². The molecule has 0 radical (unpaired) electrons. The lowest BCUT2D eigenvalue weighted by atomic mass is 9.99. The minimum absolute atomic E-state index is 0.706. The van der Waals surface area contributed by atoms with E-state index in [1.54, 1.807) is 22.7 Å². The molecular weight excluding hydrogens is 248 g/mol. The molecule has 1 nitrogen and oxygen atoms in total. The van der Waals surface area contributed by atoms with Crippen molar-refractivity contribution in [3.8, 4) is 0 Å². The fraction of sp³-hybridized carbons (Fsp3) is 0.429. The lowest BCUT2D eigenvalue weighted by Gasteiger charge is -2.21. The standard InChI is InChI=1S/C14H18OS2/c1-4-11-6-7-12(17-11)9-14(3,15)13-8-5-10(2)16-13/h5-8,15H,4,9H2,1-3H3. The molecule has 2 rings (SSSR count). The highest BCUT2D eigenvalue weighted by atomic mass is 32.1. The van der Waals surface area contributed by atoms with Gasteiger partial charge in [-0.1, -0.05) is 6.92 Å². The highest BCUT2D eigenvalue weighted by Crippen LogP contribution is 2.32. The van der Waals surface area contributed by atoms with Crippen LogP contribution < -0.4 is 0 Å². The van der Waals surface area contributed by atoms with Gasteiger partial charge in [0.05, 0.1) is 0 Å². The summed E-state index contributed by atoms with van der Waals surface area (Å²) in [5.74, 6) is 0. The molecule has 0 saturated heterocycles. The van der Waals surface area contributed by atoms with Crippen LogP contribution in [0.15, 0.2) is 24.3 Å². The fourth-order valence-corrected chi connectivity index (χ4v) is 3.88. The number of rotatable bonds is 4. The first-order chi connectivity index (χ1) is 8.01. The topological polar surface area (TPSA) is 20.2 Å². The maximum Gasteiger partial charge on any atom is 0.101 e. The van der Waals surface area contributed by atoms with Crippen LogP contribution in [0.4, 0.5) is 0 Å². The zero-order valence-electron chi connectivity index (χ0n) is 10.5. The average molecular weight is 266 g/mol. The van der Waals surface area contributed by atoms with E-state index in [-0.39, 0.29) is 0 Å². The summed E-state index contributed by atoms with van der Waals surface area (Å²) in [5.41, 5.74) is -0.741. The monoisotopic (exact) mass is 266 g/mol. The molecule has 2 aromatic heterocycles. The molecule has 2 aromatic rings. The largest absolute Gasteiger partial charge is 0.384 e. The second-order valence-corrected chi connectivity index (χ2v) is 7.12. The van der Waals surface area contributed by atoms with Crippen LogP contribution in [0, 0.1) is 6.92 Å². The first-order valence-corrected chi connectivity index (χ1v) is 7.51. The van der Waals surface area contributed by atoms with E-state index in [0.29, 0.717) is 6.42 Å². The predicted molar refractivity (Wildman–Crippen MR) is 76.0 cm³/mol. The molecule has 17 heavy (non-hydrogen) atoms. The third-order valence-electron chi connectivity index (χ3n) is 2.86. The number of hydrogen-bond acceptors (Lipinski definition) is 3. The summed E-state index contributed by atoms with van der Waals surface area (Å²) in [6, 6.07) is 8.41. The van der Waals surface area contributed by atoms with Crippen molar-refractivity contribution in [2.45, 2.75) is 39.2 Å². The molecule has 0 aliphatic rings. The van der Waals surface area contributed by atoms with E-state index in [9.17, 15) is 5.11 Å². The lowest BCUT2D eigenvalue weighted by molar-refractivity contribution is 0.0623. The summed E-state index contributed by atoms with van der Waals surface area (Å²) >= 11 is 3.49. The molecule has 1 atom stereocenters. The van der Waals surface area contributed by atoms with E-state index in [1.807, 2.05) is 13.0 Å². The van der Waals surface area contributed by atoms with Gasteiger partial charge in [0, 0.05) is 25.9 Å². The number of hydrogen-bond donors (Lipinski definition) is 1. The zero-order valence-corrected chi connectivity index (χ0v) is 12.1. The molecule has 0 aliphatic carbocycles. The molecule has 1 unspecified atom stereocenters. The van der Waals surface area contributed by atoms with Crippen LogP contribution in [0.3, 0.4) is 0 Å². The van der Waals surface area contributed by atoms with Crippen molar-refractivity contribution >= 4 is 22.7 Å². The minimum Gasteiger partial charge on any atom is -0.384 e. The second kappa shape index (κ2) is 4.92. The SMILES string of the molecule is CCc1ccc(CC(C)(O)c2ccc(C)s2)s1. The predicted octanol–water partition coefficient (Wildman–Crippen LogP) is 4.13. The maximum absolute atomic E-state index is 10.6. The Morgan fingerprint density at radius 3 is 2.35 bits per heavy atom. The summed E-state index contributed by atoms with van der Waals surface area (Å²) in [6.07, 6.45) is 1.78. The van der Waals surface area contributed by atoms with Crippen LogP contribution in [0.1, 0.15) is 33.4 Å². The van der Waals surface area contributed by atoms with Crippen molar-refractivity contribution in [1.82, 2.24) is 0 Å². The van der Waals surface area contributed by atoms with Crippen LogP contribution in [-0.4, -0.2) is 5.11 Å². The molecule has 92 valence electrons. The third kappa shape index (κ3) is 2.97. The Kier molecular flexibility index (Phi) is 3.71. The molecule has 2 heterocycles. The number of aryl methyl sites for hydroxylation is 2. The van der Waals surface area contributed by atoms with E-state index >= 15 is 0 Å². The van der Waals surface area contributed by atoms with Crippen LogP contribution >= 0.6 is 22.7 Å². The molecule has 0 bridgehead atoms. The first-order valence-electron chi connectivity index (χ1n) is 5.88. The van der Waals surface area contributed by atoms with E-state index in [4.69, 9.17) is 0 Å². The minimum atomic E-state index is -0.741. The smallest absolute Gasteiger partial charge is 0.101 e. The fourth-order valence-electron chi connectivity index (χ4n) is 1.86. The molecule has 0 amide bonds. The summed E-state index contributed by atoms with van der Waals surface area (Å²) < 4.78 is 0. The van der Waals surface area contributed by atoms with Crippen LogP contribution in [0.5, 0.6) is 0 Å². The molecule has 3 heteroatoms. The summed E-state index contributed by atoms with van der Waals surface area (Å²) in [4.78, 5) is 4.96. The van der Waals surface area contributed by atoms with Crippen molar-refractivity contribution in [3.63, 3.8) is 0 Å². The van der Waals surface area contributed by atoms with Gasteiger partial charge in [0.2, 0.25) is 0 Å². The molecule has 1 N–H and O–H groups in total. The van der Waals surface area contributed by atoms with Gasteiger partial charge in [-0.2, -0.15) is 0 Å². The summed E-state index contributed by atoms with van der Waals surface area (Å²) in [7, 11) is 0. The van der Waals surface area contributed by atoms with E-state index < -0.39 is 5.60 Å². The highest BCUT2D eigenvalue weighted by molar-refractivity contribution is 7.12. The Morgan fingerprint density at radius 2 is 1.82 bits per heavy atom. The molecule has 0 spiro atoms. The molecule has 0 saturated carbocycles. The Bertz CT molecular complexity index is 494. The second-order valence-electron chi connectivity index (χ2n) is 4.58. The first kappa shape index (κ1) is 12.8. The van der Waals surface area contributed by atoms with Gasteiger partial charge >= 0.3 is 0 Å². The Hall–Kier alpha value is -0.640. The number of aliphatic hydroxyl groups is 1. The Balaban J connectivity index is 2.16. The van der Waals surface area contributed by atoms with Gasteiger partial charge in [0.1, 0.15) is 5.60 Å². The van der Waals surface area contributed by atoms with Crippen LogP contribution in [0.25, 0.3) is 0 Å². The van der Waals surface area contributed by atoms with Crippen molar-refractivity contribution in [3.05, 3.63) is 43.8 Å². The van der Waals surface area contributed by atoms with Gasteiger partial charge < -0.3 is 5.11 Å². The molecule has 0 fully saturated rings. The van der Waals surface area contributed by atoms with Crippen LogP contribution in [-0.2, 0) is 18.4 Å². The van der Waals surface area contributed by atoms with E-state index in [1.165, 1.54) is 14.6 Å². The lowest BCUT2D eigenvalue weighted by Crippen LogP contribution is -2.22. The summed E-state index contributed by atoms with van der Waals surface area (Å²) in [5, 5.41) is 10.6. The number of thiophene rings is 2. The van der Waals surface area contributed by atoms with Crippen LogP contribution in [0.2, 0.25) is 0 Å². The van der Waals surface area contributed by atoms with Gasteiger partial charge in [0.15, 0.2) is 0 Å². The molecular formula is C14H18OS2. The van der Waals surface area contributed by atoms with Crippen molar-refractivity contribution in [2.75, 3.05) is 0 Å². The highest BCUT2D eigenvalue weighted by Gasteiger charge is 2.25. The van der Waals surface area contributed by atoms with Gasteiger partial charge in [0.25, 0.3) is 0 Å². The van der Waals surface area contributed by atoms with Gasteiger partial charge in [-0.15, -0.1) is 22.7 Å². The quantitative estimate of drug-likeness (QED) is 0.882. The van der Waals surface area contributed by atoms with Gasteiger partial charge in [-0.05, 0) is 44.5 Å². The van der Waals surface area contributed by atoms with Crippen molar-refractivity contribution in [1.29, 1.82) is 0 Å². The molecule has 0 aromatic carbocycles. The maximum atomic E-state index is 10.6. The average Bonchev–Trinajstić information content (AvgIpc) is 2.86. The molecule has 0 aliphatic heterocycles. The normalized spacial score (nSPS) is 14.8. The van der Waals surface area contributed by atoms with Crippen molar-refractivity contribution in [2.24, 2.45) is 0 Å². The van der Waals surface area contributed by atoms with E-state index in [2.05, 4.69) is 32.0 Å². The van der Waals surface area contributed by atoms with E-state index in [0.717, 1.165) is 11.3 Å². The van der Waals surface area contributed by atoms with Gasteiger partial charge in [-0.3, -0.25) is 0 Å². The van der Waals surface area contributed by atoms with Crippen molar-refractivity contribution < 1.29 is 5.11 Å². The third-order valence-corrected chi connectivity index (χ3v) is 5.34. The summed E-state index contributed by atoms with van der Waals surface area (Å²) in [6.45, 7) is 6.14.